The highest BCUT2D eigenvalue weighted by atomic mass is 19.3. The number of carbonyl (C=O) groups is 1. The number of halogens is 3. The van der Waals surface area contributed by atoms with Crippen LogP contribution in [0.1, 0.15) is 0 Å². The van der Waals surface area contributed by atoms with Crippen LogP contribution in [0, 0.1) is 0 Å². The summed E-state index contributed by atoms with van der Waals surface area (Å²) in [6, 6.07) is 0. The van der Waals surface area contributed by atoms with E-state index < -0.39 is 18.8 Å². The van der Waals surface area contributed by atoms with Crippen LogP contribution in [-0.2, 0) is 9.53 Å². The number of hydrogen-bond acceptors (Lipinski definition) is 2. The number of carbonyl (C=O) groups excluding carboxylic acids is 1. The van der Waals surface area contributed by atoms with Crippen LogP contribution in [0.5, 0.6) is 0 Å². The fourth-order valence-corrected chi connectivity index (χ4v) is 0.216. The van der Waals surface area contributed by atoms with Crippen LogP contribution < -0.4 is 0 Å². The van der Waals surface area contributed by atoms with Gasteiger partial charge >= 0.3 is 12.1 Å². The Balaban J connectivity index is 3.87. The molecule has 0 spiro atoms. The first-order valence-corrected chi connectivity index (χ1v) is 2.31. The molecule has 0 radical (unpaired) electrons. The second kappa shape index (κ2) is 3.24. The number of rotatable bonds is 3. The molecule has 0 heterocycles. The van der Waals surface area contributed by atoms with Crippen molar-refractivity contribution in [2.75, 3.05) is 6.67 Å². The largest absolute Gasteiger partial charge is 0.429 e. The van der Waals surface area contributed by atoms with E-state index in [1.54, 1.807) is 0 Å². The fourth-order valence-electron chi connectivity index (χ4n) is 0.216. The van der Waals surface area contributed by atoms with E-state index in [0.29, 0.717) is 6.08 Å². The maximum atomic E-state index is 11.7. The summed E-state index contributed by atoms with van der Waals surface area (Å²) in [5.41, 5.74) is 0. The SMILES string of the molecule is C=CC(=O)OC(F)(F)CF. The first kappa shape index (κ1) is 9.00. The second-order valence-corrected chi connectivity index (χ2v) is 1.40. The molecule has 58 valence electrons. The summed E-state index contributed by atoms with van der Waals surface area (Å²) in [7, 11) is 0. The van der Waals surface area contributed by atoms with Gasteiger partial charge in [-0.05, 0) is 0 Å². The first-order valence-electron chi connectivity index (χ1n) is 2.31. The van der Waals surface area contributed by atoms with Crippen LogP contribution in [0.15, 0.2) is 12.7 Å². The van der Waals surface area contributed by atoms with Crippen molar-refractivity contribution in [2.24, 2.45) is 0 Å². The van der Waals surface area contributed by atoms with Gasteiger partial charge < -0.3 is 4.74 Å². The van der Waals surface area contributed by atoms with Crippen LogP contribution in [0.4, 0.5) is 13.2 Å². The fraction of sp³-hybridized carbons (Fsp3) is 0.400. The van der Waals surface area contributed by atoms with Crippen LogP contribution >= 0.6 is 0 Å². The van der Waals surface area contributed by atoms with Gasteiger partial charge in [0.05, 0.1) is 0 Å². The topological polar surface area (TPSA) is 26.3 Å². The number of hydrogen-bond donors (Lipinski definition) is 0. The van der Waals surface area contributed by atoms with Gasteiger partial charge in [-0.3, -0.25) is 0 Å². The van der Waals surface area contributed by atoms with E-state index in [9.17, 15) is 18.0 Å². The van der Waals surface area contributed by atoms with Gasteiger partial charge in [-0.2, -0.15) is 8.78 Å². The first-order chi connectivity index (χ1) is 4.52. The number of esters is 1. The molecular weight excluding hydrogens is 149 g/mol. The summed E-state index contributed by atoms with van der Waals surface area (Å²) >= 11 is 0. The zero-order valence-corrected chi connectivity index (χ0v) is 4.94. The maximum absolute atomic E-state index is 11.7. The molecule has 0 amide bonds. The van der Waals surface area contributed by atoms with E-state index in [-0.39, 0.29) is 0 Å². The van der Waals surface area contributed by atoms with Crippen molar-refractivity contribution < 1.29 is 22.7 Å². The highest BCUT2D eigenvalue weighted by molar-refractivity contribution is 5.81. The highest BCUT2D eigenvalue weighted by Gasteiger charge is 2.32. The Morgan fingerprint density at radius 3 is 2.50 bits per heavy atom. The lowest BCUT2D eigenvalue weighted by atomic mass is 10.6. The van der Waals surface area contributed by atoms with E-state index >= 15 is 0 Å². The third-order valence-electron chi connectivity index (χ3n) is 0.572. The van der Waals surface area contributed by atoms with Crippen LogP contribution in [0.25, 0.3) is 0 Å². The second-order valence-electron chi connectivity index (χ2n) is 1.40. The molecule has 0 saturated carbocycles. The summed E-state index contributed by atoms with van der Waals surface area (Å²) < 4.78 is 37.9. The summed E-state index contributed by atoms with van der Waals surface area (Å²) in [4.78, 5) is 10.00. The lowest BCUT2D eigenvalue weighted by Gasteiger charge is -2.10. The molecule has 0 rings (SSSR count). The van der Waals surface area contributed by atoms with Crippen molar-refractivity contribution in [1.29, 1.82) is 0 Å². The lowest BCUT2D eigenvalue weighted by molar-refractivity contribution is -0.234. The van der Waals surface area contributed by atoms with Gasteiger partial charge in [0.25, 0.3) is 0 Å². The molecule has 0 aliphatic heterocycles. The van der Waals surface area contributed by atoms with E-state index in [1.807, 2.05) is 0 Å². The average Bonchev–Trinajstić information content (AvgIpc) is 1.87. The molecule has 0 fully saturated rings. The molecule has 0 atom stereocenters. The average molecular weight is 154 g/mol. The van der Waals surface area contributed by atoms with Gasteiger partial charge in [-0.15, -0.1) is 0 Å². The van der Waals surface area contributed by atoms with E-state index in [2.05, 4.69) is 11.3 Å². The van der Waals surface area contributed by atoms with Crippen molar-refractivity contribution in [3.63, 3.8) is 0 Å². The molecule has 0 aliphatic carbocycles. The molecule has 0 saturated heterocycles. The van der Waals surface area contributed by atoms with Crippen molar-refractivity contribution >= 4 is 5.97 Å². The van der Waals surface area contributed by atoms with Gasteiger partial charge in [0.2, 0.25) is 0 Å². The van der Waals surface area contributed by atoms with Crippen molar-refractivity contribution in [3.8, 4) is 0 Å². The quantitative estimate of drug-likeness (QED) is 0.452. The van der Waals surface area contributed by atoms with E-state index in [0.717, 1.165) is 0 Å². The molecule has 0 aromatic heterocycles. The van der Waals surface area contributed by atoms with Crippen LogP contribution in [0.2, 0.25) is 0 Å². The molecule has 0 aromatic rings. The molecule has 0 aromatic carbocycles. The maximum Gasteiger partial charge on any atom is 0.429 e. The van der Waals surface area contributed by atoms with Crippen molar-refractivity contribution in [2.45, 2.75) is 6.11 Å². The Bertz CT molecular complexity index is 144. The minimum atomic E-state index is -4.02. The monoisotopic (exact) mass is 154 g/mol. The van der Waals surface area contributed by atoms with Gasteiger partial charge in [-0.25, -0.2) is 9.18 Å². The van der Waals surface area contributed by atoms with E-state index in [4.69, 9.17) is 0 Å². The lowest BCUT2D eigenvalue weighted by Crippen LogP contribution is -2.26. The zero-order chi connectivity index (χ0) is 8.20. The predicted molar refractivity (Wildman–Crippen MR) is 27.2 cm³/mol. The van der Waals surface area contributed by atoms with E-state index in [1.165, 1.54) is 0 Å². The number of ether oxygens (including phenoxy) is 1. The predicted octanol–water partition coefficient (Wildman–Crippen LogP) is 1.28. The minimum absolute atomic E-state index is 0.531. The van der Waals surface area contributed by atoms with Crippen molar-refractivity contribution in [1.82, 2.24) is 0 Å². The standard InChI is InChI=1S/C5H5F3O2/c1-2-4(9)10-5(7,8)3-6/h2H,1,3H2. The minimum Gasteiger partial charge on any atom is -0.396 e. The number of alkyl halides is 3. The van der Waals surface area contributed by atoms with Crippen LogP contribution in [-0.4, -0.2) is 18.8 Å². The highest BCUT2D eigenvalue weighted by Crippen LogP contribution is 2.15. The normalized spacial score (nSPS) is 10.7. The Morgan fingerprint density at radius 2 is 2.20 bits per heavy atom. The molecule has 0 bridgehead atoms. The van der Waals surface area contributed by atoms with Crippen molar-refractivity contribution in [3.05, 3.63) is 12.7 Å². The summed E-state index contributed by atoms with van der Waals surface area (Å²) in [6.07, 6.45) is -3.49. The molecule has 0 N–H and O–H groups in total. The summed E-state index contributed by atoms with van der Waals surface area (Å²) in [5, 5.41) is 0. The zero-order valence-electron chi connectivity index (χ0n) is 4.94. The van der Waals surface area contributed by atoms with Gasteiger partial charge in [0, 0.05) is 6.08 Å². The van der Waals surface area contributed by atoms with Gasteiger partial charge in [0.15, 0.2) is 6.67 Å². The molecule has 2 nitrogen and oxygen atoms in total. The third-order valence-corrected chi connectivity index (χ3v) is 0.572. The third kappa shape index (κ3) is 3.11. The Hall–Kier alpha value is -1.00. The van der Waals surface area contributed by atoms with Gasteiger partial charge in [-0.1, -0.05) is 6.58 Å². The molecule has 10 heavy (non-hydrogen) atoms. The summed E-state index contributed by atoms with van der Waals surface area (Å²) in [5.74, 6) is -1.34. The Labute approximate surface area is 55.3 Å². The van der Waals surface area contributed by atoms with Gasteiger partial charge in [0.1, 0.15) is 0 Å². The van der Waals surface area contributed by atoms with Crippen LogP contribution in [0.3, 0.4) is 0 Å². The Kier molecular flexibility index (Phi) is 2.92. The Morgan fingerprint density at radius 1 is 1.70 bits per heavy atom. The molecule has 0 unspecified atom stereocenters. The molecule has 0 aliphatic rings. The smallest absolute Gasteiger partial charge is 0.396 e. The summed E-state index contributed by atoms with van der Waals surface area (Å²) in [6.45, 7) is 0.827. The molecule has 5 heteroatoms. The molecular formula is C5H5F3O2.